The molecule has 0 fully saturated rings. The molecule has 0 spiro atoms. The largest absolute Gasteiger partial charge is 0.573 e. The first-order valence-corrected chi connectivity index (χ1v) is 15.2. The molecule has 2 atom stereocenters. The number of oxazole rings is 1. The summed E-state index contributed by atoms with van der Waals surface area (Å²) in [6.45, 7) is 1.40. The van der Waals surface area contributed by atoms with E-state index in [4.69, 9.17) is 4.42 Å². The highest BCUT2D eigenvalue weighted by atomic mass is 32.2. The molecule has 46 heavy (non-hydrogen) atoms. The minimum absolute atomic E-state index is 0.0929. The van der Waals surface area contributed by atoms with Crippen molar-refractivity contribution in [1.82, 2.24) is 14.5 Å². The molecular formula is C30H24F7N3O5S. The number of aryl methyl sites for hydroxylation is 2. The number of ether oxygens (including phenoxy) is 1. The Hall–Kier alpha value is -4.44. The lowest BCUT2D eigenvalue weighted by Crippen LogP contribution is -2.45. The number of alkyl halides is 6. The predicted octanol–water partition coefficient (Wildman–Crippen LogP) is 7.01. The van der Waals surface area contributed by atoms with E-state index in [1.54, 1.807) is 12.1 Å². The zero-order valence-corrected chi connectivity index (χ0v) is 24.9. The van der Waals surface area contributed by atoms with Crippen molar-refractivity contribution in [2.75, 3.05) is 12.9 Å². The number of hydrogen-bond donors (Lipinski definition) is 1. The van der Waals surface area contributed by atoms with Gasteiger partial charge in [-0.3, -0.25) is 0 Å². The van der Waals surface area contributed by atoms with Gasteiger partial charge in [-0.2, -0.15) is 13.2 Å². The average Bonchev–Trinajstić information content (AvgIpc) is 3.54. The van der Waals surface area contributed by atoms with Crippen LogP contribution in [0.15, 0.2) is 82.0 Å². The highest BCUT2D eigenvalue weighted by Gasteiger charge is 2.50. The summed E-state index contributed by atoms with van der Waals surface area (Å²) in [5.74, 6) is -2.95. The van der Waals surface area contributed by atoms with E-state index < -0.39 is 68.4 Å². The minimum Gasteiger partial charge on any atom is -0.440 e. The lowest BCUT2D eigenvalue weighted by Gasteiger charge is -2.38. The van der Waals surface area contributed by atoms with E-state index >= 15 is 4.39 Å². The van der Waals surface area contributed by atoms with Gasteiger partial charge in [0, 0.05) is 36.4 Å². The van der Waals surface area contributed by atoms with E-state index in [0.29, 0.717) is 21.9 Å². The molecular weight excluding hydrogens is 647 g/mol. The molecule has 0 amide bonds. The maximum atomic E-state index is 16.2. The maximum absolute atomic E-state index is 16.2. The molecule has 16 heteroatoms. The monoisotopic (exact) mass is 671 g/mol. The number of rotatable bonds is 7. The predicted molar refractivity (Wildman–Crippen MR) is 151 cm³/mol. The summed E-state index contributed by atoms with van der Waals surface area (Å²) in [4.78, 5) is 7.08. The zero-order chi connectivity index (χ0) is 33.8. The second-order valence-electron chi connectivity index (χ2n) is 10.5. The van der Waals surface area contributed by atoms with Crippen molar-refractivity contribution in [2.45, 2.75) is 37.8 Å². The number of allylic oxidation sites excluding steroid dienone is 2. The number of imidazole rings is 1. The molecule has 0 bridgehead atoms. The topological polar surface area (TPSA) is 107 Å². The van der Waals surface area contributed by atoms with E-state index in [2.05, 4.69) is 14.7 Å². The van der Waals surface area contributed by atoms with Gasteiger partial charge in [-0.25, -0.2) is 22.8 Å². The molecule has 1 aliphatic carbocycles. The van der Waals surface area contributed by atoms with Gasteiger partial charge < -0.3 is 18.8 Å². The van der Waals surface area contributed by atoms with E-state index in [1.807, 2.05) is 0 Å². The van der Waals surface area contributed by atoms with Gasteiger partial charge in [0.1, 0.15) is 23.1 Å². The number of nitrogens with zero attached hydrogens (tertiary/aromatic N) is 3. The van der Waals surface area contributed by atoms with Crippen LogP contribution in [0.1, 0.15) is 28.9 Å². The molecule has 8 nitrogen and oxygen atoms in total. The Balaban J connectivity index is 1.60. The van der Waals surface area contributed by atoms with Crippen molar-refractivity contribution < 1.29 is 53.4 Å². The molecule has 4 aromatic rings. The fourth-order valence-corrected chi connectivity index (χ4v) is 6.66. The van der Waals surface area contributed by atoms with Gasteiger partial charge in [0.15, 0.2) is 32.7 Å². The minimum atomic E-state index is -4.93. The standard InChI is InChI=1S/C30H24F7N3O5S/c1-16-38-24(29(32,33)34)14-40(16)28(15-41)23(31)12-21(13-25(28)46(3,42)43)18-6-4-7-19(10-18)26-27(44-17(2)39-26)20-8-5-9-22(11-20)45-30(35,36)37/h4-14,21,41H,15H2,1-3H3. The molecule has 2 heterocycles. The van der Waals surface area contributed by atoms with Gasteiger partial charge in [0.25, 0.3) is 0 Å². The summed E-state index contributed by atoms with van der Waals surface area (Å²) in [5.41, 5.74) is -2.86. The summed E-state index contributed by atoms with van der Waals surface area (Å²) in [6, 6.07) is 11.2. The Morgan fingerprint density at radius 2 is 1.67 bits per heavy atom. The lowest BCUT2D eigenvalue weighted by atomic mass is 9.84. The van der Waals surface area contributed by atoms with Crippen molar-refractivity contribution in [1.29, 1.82) is 0 Å². The first-order chi connectivity index (χ1) is 21.3. The Morgan fingerprint density at radius 3 is 2.28 bits per heavy atom. The zero-order valence-electron chi connectivity index (χ0n) is 24.1. The van der Waals surface area contributed by atoms with E-state index in [0.717, 1.165) is 37.5 Å². The van der Waals surface area contributed by atoms with Crippen molar-refractivity contribution in [3.05, 3.63) is 101 Å². The van der Waals surface area contributed by atoms with Crippen molar-refractivity contribution in [3.63, 3.8) is 0 Å². The number of hydrogen-bond acceptors (Lipinski definition) is 7. The molecule has 0 saturated carbocycles. The maximum Gasteiger partial charge on any atom is 0.573 e. The summed E-state index contributed by atoms with van der Waals surface area (Å²) in [6.07, 6.45) is -6.56. The smallest absolute Gasteiger partial charge is 0.440 e. The Morgan fingerprint density at radius 1 is 1.00 bits per heavy atom. The van der Waals surface area contributed by atoms with Gasteiger partial charge >= 0.3 is 12.5 Å². The van der Waals surface area contributed by atoms with Crippen molar-refractivity contribution in [3.8, 4) is 28.3 Å². The second kappa shape index (κ2) is 11.4. The molecule has 2 aromatic carbocycles. The van der Waals surface area contributed by atoms with Crippen LogP contribution in [-0.4, -0.2) is 47.3 Å². The summed E-state index contributed by atoms with van der Waals surface area (Å²) >= 11 is 0. The second-order valence-corrected chi connectivity index (χ2v) is 12.5. The van der Waals surface area contributed by atoms with Gasteiger partial charge in [0.2, 0.25) is 0 Å². The Bertz CT molecular complexity index is 1980. The van der Waals surface area contributed by atoms with Crippen LogP contribution >= 0.6 is 0 Å². The SMILES string of the molecule is Cc1nc(-c2cccc(C3C=C(F)C(CO)(n4cc(C(F)(F)F)nc4C)C(S(C)(=O)=O)=C3)c2)c(-c2cccc(OC(F)(F)F)c2)o1. The van der Waals surface area contributed by atoms with E-state index in [9.17, 15) is 39.9 Å². The number of aliphatic hydroxyl groups is 1. The van der Waals surface area contributed by atoms with Gasteiger partial charge in [0.05, 0.1) is 11.5 Å². The molecule has 5 rings (SSSR count). The van der Waals surface area contributed by atoms with Crippen molar-refractivity contribution in [2.24, 2.45) is 0 Å². The molecule has 1 N–H and O–H groups in total. The number of halogens is 7. The van der Waals surface area contributed by atoms with Crippen LogP contribution in [0.2, 0.25) is 0 Å². The van der Waals surface area contributed by atoms with Crippen LogP contribution in [0.5, 0.6) is 5.75 Å². The average molecular weight is 672 g/mol. The van der Waals surface area contributed by atoms with Gasteiger partial charge in [-0.15, -0.1) is 13.2 Å². The van der Waals surface area contributed by atoms with Crippen LogP contribution in [0, 0.1) is 13.8 Å². The van der Waals surface area contributed by atoms with Crippen LogP contribution in [-0.2, 0) is 21.6 Å². The molecule has 2 unspecified atom stereocenters. The fraction of sp³-hybridized carbons (Fsp3) is 0.267. The Labute approximate surface area is 257 Å². The number of aliphatic hydroxyl groups excluding tert-OH is 1. The van der Waals surface area contributed by atoms with E-state index in [1.165, 1.54) is 31.2 Å². The molecule has 244 valence electrons. The molecule has 2 aromatic heterocycles. The van der Waals surface area contributed by atoms with Crippen LogP contribution in [0.4, 0.5) is 30.7 Å². The van der Waals surface area contributed by atoms with Crippen LogP contribution < -0.4 is 4.74 Å². The fourth-order valence-electron chi connectivity index (χ4n) is 5.39. The molecule has 1 aliphatic rings. The highest BCUT2D eigenvalue weighted by Crippen LogP contribution is 2.46. The third-order valence-electron chi connectivity index (χ3n) is 7.28. The quantitative estimate of drug-likeness (QED) is 0.211. The highest BCUT2D eigenvalue weighted by molar-refractivity contribution is 7.94. The lowest BCUT2D eigenvalue weighted by molar-refractivity contribution is -0.274. The van der Waals surface area contributed by atoms with E-state index in [-0.39, 0.29) is 22.9 Å². The first-order valence-electron chi connectivity index (χ1n) is 13.3. The van der Waals surface area contributed by atoms with Crippen LogP contribution in [0.25, 0.3) is 22.6 Å². The molecule has 0 aliphatic heterocycles. The first kappa shape index (κ1) is 32.9. The van der Waals surface area contributed by atoms with Crippen LogP contribution in [0.3, 0.4) is 0 Å². The summed E-state index contributed by atoms with van der Waals surface area (Å²) < 4.78 is 131. The summed E-state index contributed by atoms with van der Waals surface area (Å²) in [5, 5.41) is 10.4. The summed E-state index contributed by atoms with van der Waals surface area (Å²) in [7, 11) is -4.36. The third kappa shape index (κ3) is 6.18. The molecule has 0 radical (unpaired) electrons. The molecule has 0 saturated heterocycles. The number of sulfone groups is 1. The third-order valence-corrected chi connectivity index (χ3v) is 8.55. The Kier molecular flexibility index (Phi) is 8.18. The normalized spacial score (nSPS) is 19.2. The van der Waals surface area contributed by atoms with Gasteiger partial charge in [-0.05, 0) is 36.8 Å². The van der Waals surface area contributed by atoms with Gasteiger partial charge in [-0.1, -0.05) is 36.4 Å². The number of benzene rings is 2. The van der Waals surface area contributed by atoms with Crippen molar-refractivity contribution >= 4 is 9.84 Å². The number of aromatic nitrogens is 3.